The molecule has 94 valence electrons. The standard InChI is InChI=1S/C13H17N5/c1-18-9-15-17-13(18)7-8-14-12-6-5-10-3-2-4-11(10)16-12/h5-6,9H,2-4,7-8H2,1H3,(H,14,16). The topological polar surface area (TPSA) is 55.6 Å². The van der Waals surface area contributed by atoms with Gasteiger partial charge >= 0.3 is 0 Å². The van der Waals surface area contributed by atoms with E-state index in [9.17, 15) is 0 Å². The minimum atomic E-state index is 0.832. The van der Waals surface area contributed by atoms with E-state index in [0.29, 0.717) is 0 Å². The Morgan fingerprint density at radius 3 is 3.11 bits per heavy atom. The third kappa shape index (κ3) is 2.20. The van der Waals surface area contributed by atoms with Gasteiger partial charge in [0.05, 0.1) is 0 Å². The molecule has 18 heavy (non-hydrogen) atoms. The number of anilines is 1. The van der Waals surface area contributed by atoms with Gasteiger partial charge in [0.2, 0.25) is 0 Å². The molecule has 5 heteroatoms. The second-order valence-electron chi connectivity index (χ2n) is 4.69. The van der Waals surface area contributed by atoms with E-state index in [1.54, 1.807) is 6.33 Å². The molecule has 0 bridgehead atoms. The van der Waals surface area contributed by atoms with Gasteiger partial charge in [-0.05, 0) is 30.9 Å². The van der Waals surface area contributed by atoms with E-state index in [1.807, 2.05) is 11.6 Å². The van der Waals surface area contributed by atoms with Crippen LogP contribution in [0.25, 0.3) is 0 Å². The molecule has 2 aromatic rings. The Balaban J connectivity index is 1.59. The molecule has 0 radical (unpaired) electrons. The Hall–Kier alpha value is -1.91. The van der Waals surface area contributed by atoms with Crippen LogP contribution in [0.3, 0.4) is 0 Å². The molecule has 1 aliphatic carbocycles. The number of aromatic nitrogens is 4. The fourth-order valence-electron chi connectivity index (χ4n) is 2.35. The molecule has 5 nitrogen and oxygen atoms in total. The number of pyridine rings is 1. The number of hydrogen-bond acceptors (Lipinski definition) is 4. The van der Waals surface area contributed by atoms with Crippen molar-refractivity contribution >= 4 is 5.82 Å². The van der Waals surface area contributed by atoms with Crippen LogP contribution in [0.5, 0.6) is 0 Å². The molecule has 0 saturated heterocycles. The van der Waals surface area contributed by atoms with Crippen molar-refractivity contribution in [3.8, 4) is 0 Å². The highest BCUT2D eigenvalue weighted by atomic mass is 15.2. The lowest BCUT2D eigenvalue weighted by atomic mass is 10.2. The first-order chi connectivity index (χ1) is 8.83. The van der Waals surface area contributed by atoms with Crippen LogP contribution >= 0.6 is 0 Å². The molecule has 1 N–H and O–H groups in total. The second kappa shape index (κ2) is 4.76. The highest BCUT2D eigenvalue weighted by Crippen LogP contribution is 2.21. The summed E-state index contributed by atoms with van der Waals surface area (Å²) in [5, 5.41) is 11.3. The summed E-state index contributed by atoms with van der Waals surface area (Å²) < 4.78 is 1.94. The molecule has 0 atom stereocenters. The van der Waals surface area contributed by atoms with Crippen LogP contribution in [0.1, 0.15) is 23.5 Å². The average Bonchev–Trinajstić information content (AvgIpc) is 2.98. The molecule has 2 heterocycles. The molecule has 3 rings (SSSR count). The van der Waals surface area contributed by atoms with Crippen molar-refractivity contribution in [1.82, 2.24) is 19.7 Å². The van der Waals surface area contributed by atoms with Crippen molar-refractivity contribution in [3.63, 3.8) is 0 Å². The molecule has 0 aromatic carbocycles. The highest BCUT2D eigenvalue weighted by molar-refractivity contribution is 5.40. The van der Waals surface area contributed by atoms with Crippen LogP contribution in [-0.4, -0.2) is 26.3 Å². The first-order valence-electron chi connectivity index (χ1n) is 6.38. The Morgan fingerprint density at radius 2 is 2.28 bits per heavy atom. The summed E-state index contributed by atoms with van der Waals surface area (Å²) >= 11 is 0. The van der Waals surface area contributed by atoms with Gasteiger partial charge in [0.15, 0.2) is 0 Å². The van der Waals surface area contributed by atoms with E-state index in [-0.39, 0.29) is 0 Å². The number of aryl methyl sites for hydroxylation is 3. The zero-order valence-corrected chi connectivity index (χ0v) is 10.6. The molecule has 0 saturated carbocycles. The van der Waals surface area contributed by atoms with Gasteiger partial charge < -0.3 is 9.88 Å². The zero-order valence-electron chi connectivity index (χ0n) is 10.6. The molecular weight excluding hydrogens is 226 g/mol. The predicted octanol–water partition coefficient (Wildman–Crippen LogP) is 1.35. The number of rotatable bonds is 4. The summed E-state index contributed by atoms with van der Waals surface area (Å²) in [7, 11) is 1.96. The van der Waals surface area contributed by atoms with E-state index >= 15 is 0 Å². The molecule has 0 fully saturated rings. The summed E-state index contributed by atoms with van der Waals surface area (Å²) in [6.07, 6.45) is 6.12. The van der Waals surface area contributed by atoms with Gasteiger partial charge in [-0.2, -0.15) is 0 Å². The van der Waals surface area contributed by atoms with Crippen LogP contribution in [0.2, 0.25) is 0 Å². The van der Waals surface area contributed by atoms with Crippen LogP contribution in [0, 0.1) is 0 Å². The van der Waals surface area contributed by atoms with Crippen LogP contribution in [-0.2, 0) is 26.3 Å². The molecular formula is C13H17N5. The average molecular weight is 243 g/mol. The highest BCUT2D eigenvalue weighted by Gasteiger charge is 2.12. The van der Waals surface area contributed by atoms with Gasteiger partial charge in [-0.1, -0.05) is 6.07 Å². The summed E-state index contributed by atoms with van der Waals surface area (Å²) in [6.45, 7) is 0.832. The van der Waals surface area contributed by atoms with E-state index in [0.717, 1.165) is 31.0 Å². The van der Waals surface area contributed by atoms with Gasteiger partial charge in [0.25, 0.3) is 0 Å². The fraction of sp³-hybridized carbons (Fsp3) is 0.462. The van der Waals surface area contributed by atoms with Gasteiger partial charge in [0, 0.05) is 25.7 Å². The summed E-state index contributed by atoms with van der Waals surface area (Å²) in [6, 6.07) is 4.26. The third-order valence-electron chi connectivity index (χ3n) is 3.39. The Bertz CT molecular complexity index is 546. The molecule has 1 aliphatic rings. The van der Waals surface area contributed by atoms with Crippen molar-refractivity contribution in [3.05, 3.63) is 35.5 Å². The van der Waals surface area contributed by atoms with Crippen LogP contribution in [0.15, 0.2) is 18.5 Å². The van der Waals surface area contributed by atoms with Gasteiger partial charge in [-0.15, -0.1) is 10.2 Å². The Kier molecular flexibility index (Phi) is 2.96. The quantitative estimate of drug-likeness (QED) is 0.880. The summed E-state index contributed by atoms with van der Waals surface area (Å²) in [5.74, 6) is 1.96. The van der Waals surface area contributed by atoms with E-state index < -0.39 is 0 Å². The first kappa shape index (κ1) is 11.2. The monoisotopic (exact) mass is 243 g/mol. The normalized spacial score (nSPS) is 13.6. The van der Waals surface area contributed by atoms with Gasteiger partial charge in [-0.3, -0.25) is 0 Å². The van der Waals surface area contributed by atoms with Crippen LogP contribution in [0.4, 0.5) is 5.82 Å². The minimum Gasteiger partial charge on any atom is -0.370 e. The van der Waals surface area contributed by atoms with Crippen molar-refractivity contribution in [1.29, 1.82) is 0 Å². The maximum atomic E-state index is 4.64. The van der Waals surface area contributed by atoms with E-state index in [2.05, 4.69) is 32.6 Å². The second-order valence-corrected chi connectivity index (χ2v) is 4.69. The first-order valence-corrected chi connectivity index (χ1v) is 6.38. The lowest BCUT2D eigenvalue weighted by molar-refractivity contribution is 0.787. The van der Waals surface area contributed by atoms with Crippen molar-refractivity contribution < 1.29 is 0 Å². The van der Waals surface area contributed by atoms with E-state index in [4.69, 9.17) is 0 Å². The smallest absolute Gasteiger partial charge is 0.134 e. The lowest BCUT2D eigenvalue weighted by Gasteiger charge is -2.07. The number of hydrogen-bond donors (Lipinski definition) is 1. The zero-order chi connectivity index (χ0) is 12.4. The Labute approximate surface area is 106 Å². The van der Waals surface area contributed by atoms with Crippen molar-refractivity contribution in [2.45, 2.75) is 25.7 Å². The van der Waals surface area contributed by atoms with E-state index in [1.165, 1.54) is 24.1 Å². The third-order valence-corrected chi connectivity index (χ3v) is 3.39. The SMILES string of the molecule is Cn1cnnc1CCNc1ccc2c(n1)CCC2. The molecule has 2 aromatic heterocycles. The maximum absolute atomic E-state index is 4.64. The summed E-state index contributed by atoms with van der Waals surface area (Å²) in [5.41, 5.74) is 2.67. The van der Waals surface area contributed by atoms with Crippen LogP contribution < -0.4 is 5.32 Å². The fourth-order valence-corrected chi connectivity index (χ4v) is 2.35. The molecule has 0 aliphatic heterocycles. The van der Waals surface area contributed by atoms with Crippen molar-refractivity contribution in [2.24, 2.45) is 7.05 Å². The number of fused-ring (bicyclic) bond motifs is 1. The largest absolute Gasteiger partial charge is 0.370 e. The summed E-state index contributed by atoms with van der Waals surface area (Å²) in [4.78, 5) is 4.64. The van der Waals surface area contributed by atoms with Gasteiger partial charge in [-0.25, -0.2) is 4.98 Å². The predicted molar refractivity (Wildman–Crippen MR) is 69.5 cm³/mol. The minimum absolute atomic E-state index is 0.832. The number of nitrogens with one attached hydrogen (secondary N) is 1. The van der Waals surface area contributed by atoms with Gasteiger partial charge in [0.1, 0.15) is 18.0 Å². The Morgan fingerprint density at radius 1 is 1.33 bits per heavy atom. The lowest BCUT2D eigenvalue weighted by Crippen LogP contribution is -2.10. The molecule has 0 amide bonds. The van der Waals surface area contributed by atoms with Crippen molar-refractivity contribution in [2.75, 3.05) is 11.9 Å². The maximum Gasteiger partial charge on any atom is 0.134 e. The molecule has 0 unspecified atom stereocenters. The molecule has 0 spiro atoms. The number of nitrogens with zero attached hydrogens (tertiary/aromatic N) is 4.